The number of rotatable bonds is 2. The van der Waals surface area contributed by atoms with Crippen molar-refractivity contribution in [2.24, 2.45) is 11.8 Å². The molecule has 3 aliphatic heterocycles. The minimum atomic E-state index is -4.28. The fourth-order valence-corrected chi connectivity index (χ4v) is 9.72. The topological polar surface area (TPSA) is 144 Å². The zero-order chi connectivity index (χ0) is 40.2. The Morgan fingerprint density at radius 3 is 2.55 bits per heavy atom. The zero-order valence-electron chi connectivity index (χ0n) is 33.0. The predicted octanol–water partition coefficient (Wildman–Crippen LogP) is 6.07. The molecular weight excluding hydrogens is 760 g/mol. The van der Waals surface area contributed by atoms with Gasteiger partial charge < -0.3 is 33.6 Å². The number of amides is 3. The molecule has 1 N–H and O–H groups in total. The van der Waals surface area contributed by atoms with Crippen molar-refractivity contribution >= 4 is 45.4 Å². The van der Waals surface area contributed by atoms with Crippen LogP contribution in [0.25, 0.3) is 0 Å². The number of anilines is 1. The summed E-state index contributed by atoms with van der Waals surface area (Å²) in [6.07, 6.45) is 6.43. The molecule has 56 heavy (non-hydrogen) atoms. The molecule has 7 rings (SSSR count). The lowest BCUT2D eigenvalue weighted by Gasteiger charge is -2.47. The highest BCUT2D eigenvalue weighted by molar-refractivity contribution is 7.90. The zero-order valence-corrected chi connectivity index (χ0v) is 34.6. The number of hydrogen-bond donors (Lipinski definition) is 1. The fraction of sp³-hybridized carbons (Fsp3) is 0.585. The van der Waals surface area contributed by atoms with Crippen molar-refractivity contribution in [3.8, 4) is 5.75 Å². The third-order valence-corrected chi connectivity index (χ3v) is 13.5. The second-order valence-electron chi connectivity index (χ2n) is 17.4. The number of carbonyl (C=O) groups excluding carboxylic acids is 3. The molecule has 13 nitrogen and oxygen atoms in total. The predicted molar refractivity (Wildman–Crippen MR) is 211 cm³/mol. The number of aryl methyl sites for hydroxylation is 1. The highest BCUT2D eigenvalue weighted by Gasteiger charge is 2.46. The normalized spacial score (nSPS) is 27.8. The van der Waals surface area contributed by atoms with Gasteiger partial charge in [0.05, 0.1) is 29.8 Å². The largest absolute Gasteiger partial charge is 0.490 e. The summed E-state index contributed by atoms with van der Waals surface area (Å²) >= 11 is 6.45. The van der Waals surface area contributed by atoms with Crippen molar-refractivity contribution < 1.29 is 41.7 Å². The molecule has 4 atom stereocenters. The van der Waals surface area contributed by atoms with Crippen molar-refractivity contribution in [2.75, 3.05) is 51.3 Å². The first-order chi connectivity index (χ1) is 26.3. The number of likely N-dealkylation sites (tertiary alicyclic amines) is 1. The van der Waals surface area contributed by atoms with E-state index in [9.17, 15) is 22.8 Å². The second-order valence-corrected chi connectivity index (χ2v) is 19.5. The molecule has 0 unspecified atom stereocenters. The van der Waals surface area contributed by atoms with Crippen LogP contribution >= 0.6 is 11.6 Å². The maximum atomic E-state index is 13.7. The van der Waals surface area contributed by atoms with Crippen molar-refractivity contribution in [1.29, 1.82) is 0 Å². The number of ether oxygens (including phenoxy) is 4. The second kappa shape index (κ2) is 15.1. The molecule has 2 fully saturated rings. The van der Waals surface area contributed by atoms with E-state index < -0.39 is 50.8 Å². The minimum Gasteiger partial charge on any atom is -0.490 e. The standard InChI is InChI=1S/C41H53ClN4O9S/c1-39(2,3)55-37(48)44(6)29-22-45(23-29)38(49)54-34-10-8-18-53-40(4,5)36(47)43-56(50,51)30-13-16-35-33(20-30)46(21-27-11-14-31(27)34)24-41(25-52-35)17-7-9-26-19-28(42)12-15-32(26)41/h8,10,12-13,15-16,19-20,27,29,31,34H,7,9,11,14,17-18,21-25H2,1-6H3,(H,43,47)/b10-8+/t27-,31+,34-,41-/m0/s1. The summed E-state index contributed by atoms with van der Waals surface area (Å²) in [7, 11) is -2.61. The maximum Gasteiger partial charge on any atom is 0.410 e. The molecule has 1 spiro atoms. The van der Waals surface area contributed by atoms with E-state index in [0.29, 0.717) is 49.2 Å². The van der Waals surface area contributed by atoms with Crippen LogP contribution in [0.5, 0.6) is 5.75 Å². The molecule has 3 amide bonds. The Morgan fingerprint density at radius 2 is 1.84 bits per heavy atom. The number of hydrogen-bond acceptors (Lipinski definition) is 10. The van der Waals surface area contributed by atoms with Crippen LogP contribution in [-0.4, -0.2) is 106 Å². The number of carbonyl (C=O) groups is 3. The summed E-state index contributed by atoms with van der Waals surface area (Å²) in [6.45, 7) is 10.6. The first-order valence-electron chi connectivity index (χ1n) is 19.4. The van der Waals surface area contributed by atoms with E-state index in [1.165, 1.54) is 35.9 Å². The third kappa shape index (κ3) is 8.20. The van der Waals surface area contributed by atoms with Gasteiger partial charge in [0.1, 0.15) is 23.1 Å². The highest BCUT2D eigenvalue weighted by atomic mass is 35.5. The number of nitrogens with zero attached hydrogens (tertiary/aromatic N) is 3. The number of fused-ring (bicyclic) bond motifs is 4. The van der Waals surface area contributed by atoms with Crippen molar-refractivity contribution in [3.05, 3.63) is 64.7 Å². The van der Waals surface area contributed by atoms with Gasteiger partial charge in [0.2, 0.25) is 0 Å². The van der Waals surface area contributed by atoms with Crippen LogP contribution < -0.4 is 14.4 Å². The molecule has 0 radical (unpaired) electrons. The van der Waals surface area contributed by atoms with Crippen molar-refractivity contribution in [2.45, 2.75) is 100 Å². The summed E-state index contributed by atoms with van der Waals surface area (Å²) in [5, 5.41) is 0.684. The van der Waals surface area contributed by atoms with Gasteiger partial charge in [-0.25, -0.2) is 22.7 Å². The molecule has 1 saturated heterocycles. The Hall–Kier alpha value is -4.01. The van der Waals surface area contributed by atoms with Gasteiger partial charge in [-0.05, 0) is 120 Å². The Kier molecular flexibility index (Phi) is 10.8. The Labute approximate surface area is 334 Å². The monoisotopic (exact) mass is 812 g/mol. The van der Waals surface area contributed by atoms with Gasteiger partial charge in [0, 0.05) is 49.6 Å². The van der Waals surface area contributed by atoms with E-state index in [1.54, 1.807) is 30.2 Å². The van der Waals surface area contributed by atoms with Crippen molar-refractivity contribution in [3.63, 3.8) is 0 Å². The fourth-order valence-electron chi connectivity index (χ4n) is 8.41. The Morgan fingerprint density at radius 1 is 1.07 bits per heavy atom. The van der Waals surface area contributed by atoms with Crippen LogP contribution in [0.15, 0.2) is 53.4 Å². The molecule has 2 aromatic carbocycles. The number of likely N-dealkylation sites (N-methyl/N-ethyl adjacent to an activating group) is 1. The average Bonchev–Trinajstić information content (AvgIpc) is 3.23. The van der Waals surface area contributed by atoms with Crippen LogP contribution in [0.4, 0.5) is 15.3 Å². The van der Waals surface area contributed by atoms with Crippen LogP contribution in [-0.2, 0) is 40.9 Å². The first-order valence-corrected chi connectivity index (χ1v) is 21.3. The maximum absolute atomic E-state index is 13.7. The van der Waals surface area contributed by atoms with Gasteiger partial charge in [-0.3, -0.25) is 4.79 Å². The lowest BCUT2D eigenvalue weighted by Crippen LogP contribution is -2.62. The van der Waals surface area contributed by atoms with E-state index in [-0.39, 0.29) is 29.4 Å². The quantitative estimate of drug-likeness (QED) is 0.356. The van der Waals surface area contributed by atoms with Gasteiger partial charge in [0.25, 0.3) is 15.9 Å². The summed E-state index contributed by atoms with van der Waals surface area (Å²) in [4.78, 5) is 44.9. The number of nitrogens with one attached hydrogen (secondary N) is 1. The van der Waals surface area contributed by atoms with E-state index >= 15 is 0 Å². The Bertz CT molecular complexity index is 2010. The van der Waals surface area contributed by atoms with Crippen molar-refractivity contribution in [1.82, 2.24) is 14.5 Å². The van der Waals surface area contributed by atoms with E-state index in [2.05, 4.69) is 15.7 Å². The summed E-state index contributed by atoms with van der Waals surface area (Å²) in [5.41, 5.74) is 0.462. The molecule has 2 aromatic rings. The minimum absolute atomic E-state index is 0.0212. The van der Waals surface area contributed by atoms with Crippen LogP contribution in [0, 0.1) is 11.8 Å². The number of sulfonamides is 1. The lowest BCUT2D eigenvalue weighted by atomic mass is 9.68. The average molecular weight is 813 g/mol. The summed E-state index contributed by atoms with van der Waals surface area (Å²) < 4.78 is 53.9. The molecule has 2 aliphatic carbocycles. The van der Waals surface area contributed by atoms with E-state index in [4.69, 9.17) is 30.5 Å². The molecular formula is C41H53ClN4O9S. The van der Waals surface area contributed by atoms with Crippen LogP contribution in [0.2, 0.25) is 5.02 Å². The molecule has 5 aliphatic rings. The van der Waals surface area contributed by atoms with Crippen LogP contribution in [0.1, 0.15) is 71.4 Å². The lowest BCUT2D eigenvalue weighted by molar-refractivity contribution is -0.139. The molecule has 3 heterocycles. The molecule has 0 aromatic heterocycles. The van der Waals surface area contributed by atoms with Crippen LogP contribution in [0.3, 0.4) is 0 Å². The van der Waals surface area contributed by atoms with Gasteiger partial charge in [0.15, 0.2) is 0 Å². The van der Waals surface area contributed by atoms with Gasteiger partial charge >= 0.3 is 12.2 Å². The SMILES string of the molecule is CN(C(=O)OC(C)(C)C)C1CN(C(=O)O[C@H]2/C=C/COC(C)(C)C(=O)NS(=O)(=O)c3ccc4c(c3)N(C[C@@H]3CC[C@H]32)C[C@@]2(CCCc3cc(Cl)ccc32)CO4)C1. The number of halogens is 1. The number of benzene rings is 2. The molecule has 1 saturated carbocycles. The van der Waals surface area contributed by atoms with Gasteiger partial charge in [-0.15, -0.1) is 0 Å². The van der Waals surface area contributed by atoms with E-state index in [1.807, 2.05) is 39.0 Å². The van der Waals surface area contributed by atoms with Gasteiger partial charge in [-0.2, -0.15) is 0 Å². The van der Waals surface area contributed by atoms with Gasteiger partial charge in [-0.1, -0.05) is 23.7 Å². The molecule has 304 valence electrons. The molecule has 2 bridgehead atoms. The highest BCUT2D eigenvalue weighted by Crippen LogP contribution is 2.47. The third-order valence-electron chi connectivity index (χ3n) is 11.9. The Balaban J connectivity index is 1.18. The summed E-state index contributed by atoms with van der Waals surface area (Å²) in [6, 6.07) is 10.6. The smallest absolute Gasteiger partial charge is 0.410 e. The molecule has 15 heteroatoms. The van der Waals surface area contributed by atoms with E-state index in [0.717, 1.165) is 32.1 Å². The summed E-state index contributed by atoms with van der Waals surface area (Å²) in [5.74, 6) is -0.223. The first kappa shape index (κ1) is 40.2.